The summed E-state index contributed by atoms with van der Waals surface area (Å²) in [5, 5.41) is 0. The van der Waals surface area contributed by atoms with E-state index in [2.05, 4.69) is 55.5 Å². The van der Waals surface area contributed by atoms with Crippen LogP contribution in [0.3, 0.4) is 0 Å². The monoisotopic (exact) mass is 351 g/mol. The summed E-state index contributed by atoms with van der Waals surface area (Å²) in [7, 11) is 0.0868. The maximum atomic E-state index is 11.1. The third-order valence-electron chi connectivity index (χ3n) is 3.62. The first kappa shape index (κ1) is 23.0. The Balaban J connectivity index is 3.40. The van der Waals surface area contributed by atoms with Gasteiger partial charge in [-0.15, -0.1) is 4.52 Å². The van der Waals surface area contributed by atoms with Crippen LogP contribution >= 0.6 is 8.03 Å². The summed E-state index contributed by atoms with van der Waals surface area (Å²) in [6, 6.07) is 0. The first-order valence-corrected chi connectivity index (χ1v) is 10.8. The fourth-order valence-corrected chi connectivity index (χ4v) is 2.82. The summed E-state index contributed by atoms with van der Waals surface area (Å²) in [6.45, 7) is 2.24. The zero-order valence-electron chi connectivity index (χ0n) is 15.7. The van der Waals surface area contributed by atoms with Crippen molar-refractivity contribution in [3.63, 3.8) is 0 Å². The van der Waals surface area contributed by atoms with E-state index < -0.39 is 8.03 Å². The molecule has 0 spiro atoms. The van der Waals surface area contributed by atoms with Gasteiger partial charge in [-0.1, -0.05) is 68.4 Å². The van der Waals surface area contributed by atoms with E-state index in [-0.39, 0.29) is 0 Å². The second-order valence-electron chi connectivity index (χ2n) is 5.82. The number of allylic oxidation sites excluding steroid dienone is 8. The van der Waals surface area contributed by atoms with E-state index in [4.69, 9.17) is 4.52 Å². The lowest BCUT2D eigenvalue weighted by Gasteiger charge is -1.90. The van der Waals surface area contributed by atoms with Gasteiger partial charge in [0.2, 0.25) is 0 Å². The van der Waals surface area contributed by atoms with Gasteiger partial charge in [0.1, 0.15) is 0 Å². The Morgan fingerprint density at radius 3 is 1.62 bits per heavy atom. The van der Waals surface area contributed by atoms with Crippen LogP contribution in [0.1, 0.15) is 71.1 Å². The smallest absolute Gasteiger partial charge is 0.150 e. The standard InChI is InChI=1S/C21H36O2P/c1-3-4-5-6-7-8-9-10-11-12-13-14-15-16-17-18-19-20-21-24(22)23-2/h7-8,10-11,13-14,16-17H,3-6,9,12,15,18-21H2,1-2H3/q+1/b8-7-,11-10-,14-13-,17-16-. The second-order valence-corrected chi connectivity index (χ2v) is 7.30. The molecule has 2 nitrogen and oxygen atoms in total. The predicted molar refractivity (Wildman–Crippen MR) is 108 cm³/mol. The predicted octanol–water partition coefficient (Wildman–Crippen LogP) is 7.52. The molecule has 0 bridgehead atoms. The fourth-order valence-electron chi connectivity index (χ4n) is 2.16. The van der Waals surface area contributed by atoms with Crippen LogP contribution in [-0.4, -0.2) is 13.3 Å². The van der Waals surface area contributed by atoms with Crippen LogP contribution in [0, 0.1) is 0 Å². The molecule has 1 atom stereocenters. The lowest BCUT2D eigenvalue weighted by atomic mass is 10.2. The first-order chi connectivity index (χ1) is 11.8. The van der Waals surface area contributed by atoms with Crippen molar-refractivity contribution in [1.29, 1.82) is 0 Å². The van der Waals surface area contributed by atoms with Gasteiger partial charge in [0.15, 0.2) is 6.16 Å². The lowest BCUT2D eigenvalue weighted by molar-refractivity contribution is 0.413. The molecule has 0 N–H and O–H groups in total. The molecule has 0 aromatic rings. The molecule has 0 aromatic heterocycles. The maximum absolute atomic E-state index is 11.1. The normalized spacial score (nSPS) is 13.2. The van der Waals surface area contributed by atoms with Crippen LogP contribution in [-0.2, 0) is 9.09 Å². The number of hydrogen-bond donors (Lipinski definition) is 0. The highest BCUT2D eigenvalue weighted by molar-refractivity contribution is 7.39. The van der Waals surface area contributed by atoms with Gasteiger partial charge in [0, 0.05) is 0 Å². The Morgan fingerprint density at radius 1 is 0.708 bits per heavy atom. The van der Waals surface area contributed by atoms with Gasteiger partial charge in [-0.2, -0.15) is 0 Å². The van der Waals surface area contributed by atoms with Crippen molar-refractivity contribution in [2.75, 3.05) is 13.3 Å². The van der Waals surface area contributed by atoms with E-state index in [1.165, 1.54) is 32.8 Å². The van der Waals surface area contributed by atoms with Gasteiger partial charge >= 0.3 is 8.03 Å². The maximum Gasteiger partial charge on any atom is 0.507 e. The topological polar surface area (TPSA) is 26.3 Å². The minimum Gasteiger partial charge on any atom is -0.150 e. The number of hydrogen-bond acceptors (Lipinski definition) is 2. The summed E-state index contributed by atoms with van der Waals surface area (Å²) < 4.78 is 15.8. The van der Waals surface area contributed by atoms with Gasteiger partial charge < -0.3 is 0 Å². The molecule has 24 heavy (non-hydrogen) atoms. The van der Waals surface area contributed by atoms with E-state index >= 15 is 0 Å². The Kier molecular flexibility index (Phi) is 19.2. The van der Waals surface area contributed by atoms with Gasteiger partial charge in [0.05, 0.1) is 7.11 Å². The molecule has 0 fully saturated rings. The molecule has 0 aliphatic heterocycles. The molecule has 0 heterocycles. The first-order valence-electron chi connectivity index (χ1n) is 9.40. The molecule has 0 aromatic carbocycles. The highest BCUT2D eigenvalue weighted by atomic mass is 31.1. The van der Waals surface area contributed by atoms with Crippen molar-refractivity contribution in [2.24, 2.45) is 0 Å². The summed E-state index contributed by atoms with van der Waals surface area (Å²) in [6.07, 6.45) is 29.9. The van der Waals surface area contributed by atoms with Crippen molar-refractivity contribution < 1.29 is 9.09 Å². The van der Waals surface area contributed by atoms with Crippen LogP contribution < -0.4 is 0 Å². The molecular weight excluding hydrogens is 315 g/mol. The molecule has 0 aliphatic carbocycles. The molecule has 0 amide bonds. The SMILES string of the molecule is CCCCC/C=C\C/C=C\C/C=C\C/C=C\CCCC[P+](=O)OC. The highest BCUT2D eigenvalue weighted by Crippen LogP contribution is 2.22. The van der Waals surface area contributed by atoms with Crippen molar-refractivity contribution in [2.45, 2.75) is 71.1 Å². The average molecular weight is 351 g/mol. The van der Waals surface area contributed by atoms with Gasteiger partial charge in [0.25, 0.3) is 0 Å². The van der Waals surface area contributed by atoms with E-state index in [0.717, 1.165) is 38.5 Å². The van der Waals surface area contributed by atoms with Crippen LogP contribution in [0.15, 0.2) is 48.6 Å². The van der Waals surface area contributed by atoms with Crippen LogP contribution in [0.25, 0.3) is 0 Å². The molecule has 0 rings (SSSR count). The third kappa shape index (κ3) is 19.1. The van der Waals surface area contributed by atoms with Crippen molar-refractivity contribution in [3.8, 4) is 0 Å². The minimum atomic E-state index is -1.42. The summed E-state index contributed by atoms with van der Waals surface area (Å²) in [5.41, 5.74) is 0. The summed E-state index contributed by atoms with van der Waals surface area (Å²) in [5.74, 6) is 0. The van der Waals surface area contributed by atoms with Gasteiger partial charge in [-0.25, -0.2) is 0 Å². The molecule has 0 saturated heterocycles. The van der Waals surface area contributed by atoms with Crippen molar-refractivity contribution in [1.82, 2.24) is 0 Å². The molecule has 0 saturated carbocycles. The number of unbranched alkanes of at least 4 members (excludes halogenated alkanes) is 5. The Labute approximate surface area is 150 Å². The van der Waals surface area contributed by atoms with E-state index in [1.807, 2.05) is 0 Å². The Morgan fingerprint density at radius 2 is 1.17 bits per heavy atom. The second kappa shape index (κ2) is 20.1. The van der Waals surface area contributed by atoms with E-state index in [0.29, 0.717) is 6.16 Å². The van der Waals surface area contributed by atoms with E-state index in [1.54, 1.807) is 0 Å². The van der Waals surface area contributed by atoms with Crippen molar-refractivity contribution in [3.05, 3.63) is 48.6 Å². The zero-order chi connectivity index (χ0) is 17.7. The quantitative estimate of drug-likeness (QED) is 0.163. The highest BCUT2D eigenvalue weighted by Gasteiger charge is 2.11. The molecule has 136 valence electrons. The van der Waals surface area contributed by atoms with Crippen LogP contribution in [0.4, 0.5) is 0 Å². The fraction of sp³-hybridized carbons (Fsp3) is 0.619. The number of rotatable bonds is 16. The van der Waals surface area contributed by atoms with Gasteiger partial charge in [-0.3, -0.25) is 0 Å². The summed E-state index contributed by atoms with van der Waals surface area (Å²) in [4.78, 5) is 0. The zero-order valence-corrected chi connectivity index (χ0v) is 16.6. The Hall–Kier alpha value is -0.980. The molecule has 3 heteroatoms. The van der Waals surface area contributed by atoms with Crippen molar-refractivity contribution >= 4 is 8.03 Å². The largest absolute Gasteiger partial charge is 0.507 e. The van der Waals surface area contributed by atoms with E-state index in [9.17, 15) is 4.57 Å². The molecular formula is C21H36O2P+. The average Bonchev–Trinajstić information content (AvgIpc) is 2.60. The Bertz CT molecular complexity index is 395. The van der Waals surface area contributed by atoms with Crippen LogP contribution in [0.2, 0.25) is 0 Å². The van der Waals surface area contributed by atoms with Crippen LogP contribution in [0.5, 0.6) is 0 Å². The lowest BCUT2D eigenvalue weighted by Crippen LogP contribution is -1.80. The molecule has 1 unspecified atom stereocenters. The van der Waals surface area contributed by atoms with Gasteiger partial charge in [-0.05, 0) is 55.9 Å². The molecule has 0 radical (unpaired) electrons. The minimum absolute atomic E-state index is 0.680. The third-order valence-corrected chi connectivity index (χ3v) is 4.71. The molecule has 0 aliphatic rings. The summed E-state index contributed by atoms with van der Waals surface area (Å²) >= 11 is 0.